The van der Waals surface area contributed by atoms with Gasteiger partial charge in [0.05, 0.1) is 5.75 Å². The van der Waals surface area contributed by atoms with Crippen LogP contribution in [0.15, 0.2) is 24.3 Å². The molecule has 2 N–H and O–H groups in total. The number of carbonyl (C=O) groups excluding carboxylic acids is 1. The van der Waals surface area contributed by atoms with E-state index in [4.69, 9.17) is 4.74 Å². The Labute approximate surface area is 151 Å². The summed E-state index contributed by atoms with van der Waals surface area (Å²) in [6.45, 7) is 8.35. The van der Waals surface area contributed by atoms with Crippen LogP contribution >= 0.6 is 0 Å². The van der Waals surface area contributed by atoms with Gasteiger partial charge in [0.2, 0.25) is 15.9 Å². The van der Waals surface area contributed by atoms with Crippen molar-refractivity contribution in [3.05, 3.63) is 35.4 Å². The molecule has 0 fully saturated rings. The van der Waals surface area contributed by atoms with E-state index in [1.807, 2.05) is 12.1 Å². The van der Waals surface area contributed by atoms with Crippen molar-refractivity contribution in [2.24, 2.45) is 0 Å². The van der Waals surface area contributed by atoms with Crippen molar-refractivity contribution in [1.82, 2.24) is 10.0 Å². The third-order valence-electron chi connectivity index (χ3n) is 3.50. The summed E-state index contributed by atoms with van der Waals surface area (Å²) in [5.74, 6) is -0.205. The molecule has 1 rings (SSSR count). The molecule has 7 heteroatoms. The van der Waals surface area contributed by atoms with Crippen LogP contribution in [0.3, 0.4) is 0 Å². The molecule has 1 unspecified atom stereocenters. The van der Waals surface area contributed by atoms with Gasteiger partial charge in [-0.1, -0.05) is 37.6 Å². The van der Waals surface area contributed by atoms with E-state index in [0.717, 1.165) is 18.4 Å². The topological polar surface area (TPSA) is 84.5 Å². The average molecular weight is 371 g/mol. The Balaban J connectivity index is 2.48. The highest BCUT2D eigenvalue weighted by atomic mass is 32.2. The molecule has 0 heterocycles. The monoisotopic (exact) mass is 370 g/mol. The van der Waals surface area contributed by atoms with Crippen LogP contribution in [0.1, 0.15) is 51.7 Å². The van der Waals surface area contributed by atoms with E-state index >= 15 is 0 Å². The number of nitrogens with one attached hydrogen (secondary N) is 2. The molecule has 1 amide bonds. The van der Waals surface area contributed by atoms with Crippen molar-refractivity contribution in [3.63, 3.8) is 0 Å². The van der Waals surface area contributed by atoms with E-state index in [2.05, 4.69) is 17.0 Å². The standard InChI is InChI=1S/C18H30N2O4S/c1-5-6-11-24-15(4)18(21)19-12-16-7-9-17(10-8-16)13-25(22,23)20-14(2)3/h7-10,14-15,20H,5-6,11-13H2,1-4H3,(H,19,21). The van der Waals surface area contributed by atoms with Crippen molar-refractivity contribution >= 4 is 15.9 Å². The van der Waals surface area contributed by atoms with Crippen molar-refractivity contribution in [3.8, 4) is 0 Å². The number of unbranched alkanes of at least 4 members (excludes halogenated alkanes) is 1. The number of hydrogen-bond donors (Lipinski definition) is 2. The van der Waals surface area contributed by atoms with Crippen LogP contribution in [0.25, 0.3) is 0 Å². The lowest BCUT2D eigenvalue weighted by Crippen LogP contribution is -2.34. The van der Waals surface area contributed by atoms with Crippen molar-refractivity contribution in [2.45, 2.75) is 65.0 Å². The Morgan fingerprint density at radius 1 is 1.12 bits per heavy atom. The van der Waals surface area contributed by atoms with Crippen LogP contribution in [0.4, 0.5) is 0 Å². The van der Waals surface area contributed by atoms with Crippen molar-refractivity contribution in [2.75, 3.05) is 6.61 Å². The van der Waals surface area contributed by atoms with Gasteiger partial charge >= 0.3 is 0 Å². The molecule has 0 aromatic heterocycles. The minimum absolute atomic E-state index is 0.0554. The SMILES string of the molecule is CCCCOC(C)C(=O)NCc1ccc(CS(=O)(=O)NC(C)C)cc1. The molecule has 0 radical (unpaired) electrons. The van der Waals surface area contributed by atoms with Gasteiger partial charge in [0, 0.05) is 19.2 Å². The number of hydrogen-bond acceptors (Lipinski definition) is 4. The Hall–Kier alpha value is -1.44. The number of sulfonamides is 1. The maximum atomic E-state index is 11.9. The summed E-state index contributed by atoms with van der Waals surface area (Å²) in [4.78, 5) is 11.9. The van der Waals surface area contributed by atoms with Gasteiger partial charge < -0.3 is 10.1 Å². The Morgan fingerprint density at radius 2 is 1.72 bits per heavy atom. The second-order valence-electron chi connectivity index (χ2n) is 6.43. The highest BCUT2D eigenvalue weighted by molar-refractivity contribution is 7.88. The Morgan fingerprint density at radius 3 is 2.28 bits per heavy atom. The van der Waals surface area contributed by atoms with E-state index in [-0.39, 0.29) is 17.7 Å². The van der Waals surface area contributed by atoms with Crippen LogP contribution in [0.2, 0.25) is 0 Å². The summed E-state index contributed by atoms with van der Waals surface area (Å²) < 4.78 is 31.8. The highest BCUT2D eigenvalue weighted by Gasteiger charge is 2.14. The lowest BCUT2D eigenvalue weighted by Gasteiger charge is -2.13. The maximum absolute atomic E-state index is 11.9. The zero-order valence-corrected chi connectivity index (χ0v) is 16.4. The van der Waals surface area contributed by atoms with Crippen LogP contribution < -0.4 is 10.0 Å². The largest absolute Gasteiger partial charge is 0.369 e. The quantitative estimate of drug-likeness (QED) is 0.586. The highest BCUT2D eigenvalue weighted by Crippen LogP contribution is 2.08. The Bertz CT molecular complexity index is 627. The molecule has 1 aromatic rings. The summed E-state index contributed by atoms with van der Waals surface area (Å²) in [5.41, 5.74) is 1.62. The summed E-state index contributed by atoms with van der Waals surface area (Å²) >= 11 is 0. The molecular weight excluding hydrogens is 340 g/mol. The van der Waals surface area contributed by atoms with E-state index in [1.54, 1.807) is 32.9 Å². The first-order valence-corrected chi connectivity index (χ1v) is 10.4. The van der Waals surface area contributed by atoms with E-state index in [0.29, 0.717) is 18.7 Å². The number of ether oxygens (including phenoxy) is 1. The molecule has 0 saturated heterocycles. The molecule has 1 aromatic carbocycles. The molecule has 6 nitrogen and oxygen atoms in total. The van der Waals surface area contributed by atoms with Gasteiger partial charge in [0.25, 0.3) is 0 Å². The first-order valence-electron chi connectivity index (χ1n) is 8.70. The van der Waals surface area contributed by atoms with Gasteiger partial charge in [-0.05, 0) is 38.3 Å². The molecule has 0 aliphatic rings. The molecule has 0 spiro atoms. The van der Waals surface area contributed by atoms with E-state index in [1.165, 1.54) is 0 Å². The fourth-order valence-electron chi connectivity index (χ4n) is 2.19. The van der Waals surface area contributed by atoms with Gasteiger partial charge in [-0.3, -0.25) is 4.79 Å². The van der Waals surface area contributed by atoms with Crippen LogP contribution in [0.5, 0.6) is 0 Å². The number of benzene rings is 1. The van der Waals surface area contributed by atoms with Crippen LogP contribution in [-0.4, -0.2) is 33.1 Å². The normalized spacial score (nSPS) is 13.0. The third kappa shape index (κ3) is 9.00. The lowest BCUT2D eigenvalue weighted by molar-refractivity contribution is -0.131. The van der Waals surface area contributed by atoms with Gasteiger partial charge in [-0.25, -0.2) is 13.1 Å². The molecule has 0 aliphatic carbocycles. The second-order valence-corrected chi connectivity index (χ2v) is 8.19. The van der Waals surface area contributed by atoms with Gasteiger partial charge in [-0.2, -0.15) is 0 Å². The third-order valence-corrected chi connectivity index (χ3v) is 5.04. The van der Waals surface area contributed by atoms with Crippen molar-refractivity contribution in [1.29, 1.82) is 0 Å². The van der Waals surface area contributed by atoms with Gasteiger partial charge in [-0.15, -0.1) is 0 Å². The van der Waals surface area contributed by atoms with Crippen LogP contribution in [-0.2, 0) is 31.9 Å². The van der Waals surface area contributed by atoms with Gasteiger partial charge in [0.1, 0.15) is 6.10 Å². The van der Waals surface area contributed by atoms with E-state index < -0.39 is 16.1 Å². The average Bonchev–Trinajstić information content (AvgIpc) is 2.52. The fraction of sp³-hybridized carbons (Fsp3) is 0.611. The number of amides is 1. The molecule has 142 valence electrons. The predicted molar refractivity (Wildman–Crippen MR) is 99.5 cm³/mol. The van der Waals surface area contributed by atoms with E-state index in [9.17, 15) is 13.2 Å². The summed E-state index contributed by atoms with van der Waals surface area (Å²) in [6, 6.07) is 7.05. The number of carbonyl (C=O) groups is 1. The van der Waals surface area contributed by atoms with Crippen LogP contribution in [0, 0.1) is 0 Å². The summed E-state index contributed by atoms with van der Waals surface area (Å²) in [6.07, 6.45) is 1.49. The molecule has 1 atom stereocenters. The second kappa shape index (κ2) is 10.5. The first-order chi connectivity index (χ1) is 11.7. The molecule has 0 aliphatic heterocycles. The lowest BCUT2D eigenvalue weighted by atomic mass is 10.1. The maximum Gasteiger partial charge on any atom is 0.249 e. The predicted octanol–water partition coefficient (Wildman–Crippen LogP) is 2.34. The Kier molecular flexibility index (Phi) is 9.10. The molecule has 25 heavy (non-hydrogen) atoms. The minimum Gasteiger partial charge on any atom is -0.369 e. The van der Waals surface area contributed by atoms with Crippen molar-refractivity contribution < 1.29 is 17.9 Å². The summed E-state index contributed by atoms with van der Waals surface area (Å²) in [5, 5.41) is 2.82. The minimum atomic E-state index is -3.33. The molecule has 0 bridgehead atoms. The molecular formula is C18H30N2O4S. The summed E-state index contributed by atoms with van der Waals surface area (Å²) in [7, 11) is -3.33. The van der Waals surface area contributed by atoms with Gasteiger partial charge in [0.15, 0.2) is 0 Å². The first kappa shape index (κ1) is 21.6. The zero-order valence-electron chi connectivity index (χ0n) is 15.5. The smallest absolute Gasteiger partial charge is 0.249 e. The zero-order chi connectivity index (χ0) is 18.9. The molecule has 0 saturated carbocycles. The number of rotatable bonds is 11. The fourth-order valence-corrected chi connectivity index (χ4v) is 3.62.